The third-order valence-corrected chi connectivity index (χ3v) is 2.39. The van der Waals surface area contributed by atoms with Crippen LogP contribution in [0.1, 0.15) is 13.8 Å². The summed E-state index contributed by atoms with van der Waals surface area (Å²) in [5.74, 6) is -0.609. The van der Waals surface area contributed by atoms with Crippen LogP contribution in [0.2, 0.25) is 0 Å². The van der Waals surface area contributed by atoms with Crippen molar-refractivity contribution in [1.82, 2.24) is 0 Å². The third-order valence-electron chi connectivity index (χ3n) is 1.48. The van der Waals surface area contributed by atoms with E-state index >= 15 is 0 Å². The molecule has 88 valence electrons. The SMILES string of the molecule is CCOC(=O)[C@H](N)C=C(C)CP(=O)(O)O. The number of hydrogen-bond donors (Lipinski definition) is 3. The van der Waals surface area contributed by atoms with Gasteiger partial charge in [0.05, 0.1) is 12.8 Å². The minimum atomic E-state index is -4.10. The maximum atomic E-state index is 11.1. The Hall–Kier alpha value is -0.680. The van der Waals surface area contributed by atoms with Crippen LogP contribution >= 0.6 is 7.60 Å². The molecule has 0 aromatic heterocycles. The van der Waals surface area contributed by atoms with Crippen molar-refractivity contribution in [2.24, 2.45) is 5.73 Å². The van der Waals surface area contributed by atoms with Gasteiger partial charge in [0.15, 0.2) is 0 Å². The van der Waals surface area contributed by atoms with Crippen LogP contribution in [0.5, 0.6) is 0 Å². The van der Waals surface area contributed by atoms with E-state index in [-0.39, 0.29) is 6.61 Å². The van der Waals surface area contributed by atoms with Crippen LogP contribution in [0.15, 0.2) is 11.6 Å². The summed E-state index contributed by atoms with van der Waals surface area (Å²) in [5, 5.41) is 0. The molecule has 1 atom stereocenters. The molecule has 0 aliphatic rings. The van der Waals surface area contributed by atoms with Crippen molar-refractivity contribution >= 4 is 13.6 Å². The van der Waals surface area contributed by atoms with E-state index in [1.165, 1.54) is 13.0 Å². The molecule has 15 heavy (non-hydrogen) atoms. The average molecular weight is 237 g/mol. The molecule has 0 saturated carbocycles. The maximum absolute atomic E-state index is 11.1. The number of allylic oxidation sites excluding steroid dienone is 1. The Morgan fingerprint density at radius 1 is 1.60 bits per heavy atom. The highest BCUT2D eigenvalue weighted by atomic mass is 31.2. The van der Waals surface area contributed by atoms with Crippen molar-refractivity contribution in [1.29, 1.82) is 0 Å². The van der Waals surface area contributed by atoms with Gasteiger partial charge in [-0.15, -0.1) is 0 Å². The molecule has 0 bridgehead atoms. The second kappa shape index (κ2) is 6.02. The number of rotatable bonds is 5. The van der Waals surface area contributed by atoms with Gasteiger partial charge in [0, 0.05) is 0 Å². The molecule has 0 heterocycles. The van der Waals surface area contributed by atoms with Crippen LogP contribution in [0.25, 0.3) is 0 Å². The molecule has 0 rings (SSSR count). The first-order valence-corrected chi connectivity index (χ1v) is 6.20. The monoisotopic (exact) mass is 237 g/mol. The highest BCUT2D eigenvalue weighted by Crippen LogP contribution is 2.36. The van der Waals surface area contributed by atoms with Crippen molar-refractivity contribution in [2.75, 3.05) is 12.8 Å². The summed E-state index contributed by atoms with van der Waals surface area (Å²) in [6.45, 7) is 3.37. The van der Waals surface area contributed by atoms with Gasteiger partial charge >= 0.3 is 13.6 Å². The van der Waals surface area contributed by atoms with Crippen molar-refractivity contribution in [3.8, 4) is 0 Å². The largest absolute Gasteiger partial charge is 0.465 e. The van der Waals surface area contributed by atoms with Gasteiger partial charge in [0.25, 0.3) is 0 Å². The highest BCUT2D eigenvalue weighted by molar-refractivity contribution is 7.52. The van der Waals surface area contributed by atoms with Crippen LogP contribution < -0.4 is 5.73 Å². The van der Waals surface area contributed by atoms with Gasteiger partial charge in [0.1, 0.15) is 6.04 Å². The Morgan fingerprint density at radius 3 is 2.53 bits per heavy atom. The van der Waals surface area contributed by atoms with E-state index in [0.717, 1.165) is 0 Å². The zero-order valence-electron chi connectivity index (χ0n) is 8.71. The zero-order valence-corrected chi connectivity index (χ0v) is 9.61. The van der Waals surface area contributed by atoms with Crippen molar-refractivity contribution < 1.29 is 23.9 Å². The summed E-state index contributed by atoms with van der Waals surface area (Å²) in [6, 6.07) is -0.975. The summed E-state index contributed by atoms with van der Waals surface area (Å²) < 4.78 is 15.2. The topological polar surface area (TPSA) is 110 Å². The van der Waals surface area contributed by atoms with E-state index < -0.39 is 25.8 Å². The Labute approximate surface area is 88.3 Å². The average Bonchev–Trinajstić information content (AvgIpc) is 2.00. The lowest BCUT2D eigenvalue weighted by Gasteiger charge is -2.08. The molecule has 0 spiro atoms. The third kappa shape index (κ3) is 7.27. The Morgan fingerprint density at radius 2 is 2.13 bits per heavy atom. The Kier molecular flexibility index (Phi) is 5.75. The molecule has 6 nitrogen and oxygen atoms in total. The first-order chi connectivity index (χ1) is 6.76. The highest BCUT2D eigenvalue weighted by Gasteiger charge is 2.16. The lowest BCUT2D eigenvalue weighted by atomic mass is 10.2. The first kappa shape index (κ1) is 14.3. The van der Waals surface area contributed by atoms with E-state index in [1.807, 2.05) is 0 Å². The lowest BCUT2D eigenvalue weighted by molar-refractivity contribution is -0.143. The maximum Gasteiger partial charge on any atom is 0.329 e. The number of esters is 1. The minimum Gasteiger partial charge on any atom is -0.465 e. The van der Waals surface area contributed by atoms with Gasteiger partial charge in [-0.25, -0.2) is 0 Å². The predicted octanol–water partition coefficient (Wildman–Crippen LogP) is 0.000800. The van der Waals surface area contributed by atoms with Crippen molar-refractivity contribution in [3.05, 3.63) is 11.6 Å². The molecule has 0 saturated heterocycles. The van der Waals surface area contributed by atoms with Crippen LogP contribution in [0.3, 0.4) is 0 Å². The molecular weight excluding hydrogens is 221 g/mol. The summed E-state index contributed by atoms with van der Waals surface area (Å²) in [6.07, 6.45) is 0.886. The first-order valence-electron chi connectivity index (χ1n) is 4.40. The second-order valence-corrected chi connectivity index (χ2v) is 4.76. The molecule has 0 aliphatic carbocycles. The normalized spacial score (nSPS) is 14.9. The minimum absolute atomic E-state index is 0.220. The van der Waals surface area contributed by atoms with Crippen LogP contribution in [0, 0.1) is 0 Å². The predicted molar refractivity (Wildman–Crippen MR) is 55.3 cm³/mol. The van der Waals surface area contributed by atoms with Crippen molar-refractivity contribution in [2.45, 2.75) is 19.9 Å². The molecular formula is C8H16NO5P. The van der Waals surface area contributed by atoms with Crippen molar-refractivity contribution in [3.63, 3.8) is 0 Å². The summed E-state index contributed by atoms with van der Waals surface area (Å²) >= 11 is 0. The molecule has 7 heteroatoms. The van der Waals surface area contributed by atoms with Crippen LogP contribution in [0.4, 0.5) is 0 Å². The van der Waals surface area contributed by atoms with Gasteiger partial charge in [-0.2, -0.15) is 0 Å². The summed E-state index contributed by atoms with van der Waals surface area (Å²) in [4.78, 5) is 28.4. The van der Waals surface area contributed by atoms with E-state index in [1.54, 1.807) is 6.92 Å². The van der Waals surface area contributed by atoms with Gasteiger partial charge < -0.3 is 20.3 Å². The smallest absolute Gasteiger partial charge is 0.329 e. The van der Waals surface area contributed by atoms with E-state index in [2.05, 4.69) is 4.74 Å². The quantitative estimate of drug-likeness (QED) is 0.352. The molecule has 0 aromatic carbocycles. The summed E-state index contributed by atoms with van der Waals surface area (Å²) in [5.41, 5.74) is 5.78. The zero-order chi connectivity index (χ0) is 12.1. The standard InChI is InChI=1S/C8H16NO5P/c1-3-14-8(10)7(9)4-6(2)5-15(11,12)13/h4,7H,3,5,9H2,1-2H3,(H2,11,12,13)/t7-/m1/s1. The molecule has 0 fully saturated rings. The van der Waals surface area contributed by atoms with Crippen LogP contribution in [-0.2, 0) is 14.1 Å². The second-order valence-electron chi connectivity index (χ2n) is 3.11. The number of ether oxygens (including phenoxy) is 1. The lowest BCUT2D eigenvalue weighted by Crippen LogP contribution is -2.30. The van der Waals surface area contributed by atoms with E-state index in [4.69, 9.17) is 15.5 Å². The van der Waals surface area contributed by atoms with E-state index in [9.17, 15) is 9.36 Å². The molecule has 0 radical (unpaired) electrons. The van der Waals surface area contributed by atoms with Gasteiger partial charge in [-0.05, 0) is 13.8 Å². The van der Waals surface area contributed by atoms with E-state index in [0.29, 0.717) is 5.57 Å². The Bertz CT molecular complexity index is 295. The number of nitrogens with two attached hydrogens (primary N) is 1. The van der Waals surface area contributed by atoms with Gasteiger partial charge in [-0.1, -0.05) is 11.6 Å². The van der Waals surface area contributed by atoms with Crippen LogP contribution in [-0.4, -0.2) is 34.6 Å². The Balaban J connectivity index is 4.35. The molecule has 0 amide bonds. The molecule has 0 aromatic rings. The number of carbonyl (C=O) groups is 1. The number of hydrogen-bond acceptors (Lipinski definition) is 4. The van der Waals surface area contributed by atoms with Gasteiger partial charge in [0.2, 0.25) is 0 Å². The number of carbonyl (C=O) groups excluding carboxylic acids is 1. The summed E-state index contributed by atoms with van der Waals surface area (Å²) in [7, 11) is -4.10. The molecule has 0 aliphatic heterocycles. The fourth-order valence-corrected chi connectivity index (χ4v) is 1.75. The fourth-order valence-electron chi connectivity index (χ4n) is 0.991. The van der Waals surface area contributed by atoms with Gasteiger partial charge in [-0.3, -0.25) is 9.36 Å². The molecule has 4 N–H and O–H groups in total. The molecule has 0 unspecified atom stereocenters. The fraction of sp³-hybridized carbons (Fsp3) is 0.625.